The first-order valence-electron chi connectivity index (χ1n) is 8.94. The van der Waals surface area contributed by atoms with Gasteiger partial charge in [0.2, 0.25) is 0 Å². The largest absolute Gasteiger partial charge is 0.347 e. The van der Waals surface area contributed by atoms with Gasteiger partial charge in [-0.15, -0.1) is 0 Å². The molecule has 2 fully saturated rings. The summed E-state index contributed by atoms with van der Waals surface area (Å²) in [4.78, 5) is 16.3. The molecule has 0 aromatic carbocycles. The number of carbonyl (C=O) groups excluding carboxylic acids is 1. The third-order valence-electron chi connectivity index (χ3n) is 4.75. The minimum Gasteiger partial charge on any atom is -0.347 e. The highest BCUT2D eigenvalue weighted by Gasteiger charge is 2.41. The third-order valence-corrected chi connectivity index (χ3v) is 4.75. The van der Waals surface area contributed by atoms with E-state index in [0.29, 0.717) is 13.2 Å². The number of urea groups is 1. The number of rotatable bonds is 4. The number of hydrogen-bond donors (Lipinski definition) is 2. The van der Waals surface area contributed by atoms with E-state index >= 15 is 0 Å². The normalized spacial score (nSPS) is 24.3. The van der Waals surface area contributed by atoms with Gasteiger partial charge in [0.1, 0.15) is 6.10 Å². The van der Waals surface area contributed by atoms with Gasteiger partial charge in [-0.2, -0.15) is 0 Å². The maximum absolute atomic E-state index is 12.1. The molecule has 2 atom stereocenters. The minimum atomic E-state index is -0.402. The minimum absolute atomic E-state index is 0.0704. The van der Waals surface area contributed by atoms with Crippen LogP contribution in [0.1, 0.15) is 57.2 Å². The van der Waals surface area contributed by atoms with E-state index < -0.39 is 5.79 Å². The van der Waals surface area contributed by atoms with Gasteiger partial charge in [-0.3, -0.25) is 4.98 Å². The first-order chi connectivity index (χ1) is 11.7. The fourth-order valence-electron chi connectivity index (χ4n) is 3.41. The molecule has 6 heteroatoms. The average molecular weight is 333 g/mol. The summed E-state index contributed by atoms with van der Waals surface area (Å²) in [6, 6.07) is 5.32. The summed E-state index contributed by atoms with van der Waals surface area (Å²) in [5.74, 6) is -0.402. The molecule has 1 aromatic rings. The quantitative estimate of drug-likeness (QED) is 0.889. The van der Waals surface area contributed by atoms with Crippen LogP contribution in [-0.4, -0.2) is 36.1 Å². The van der Waals surface area contributed by atoms with Crippen molar-refractivity contribution in [3.05, 3.63) is 30.1 Å². The van der Waals surface area contributed by atoms with Crippen molar-refractivity contribution < 1.29 is 14.3 Å². The summed E-state index contributed by atoms with van der Waals surface area (Å²) < 4.78 is 12.1. The summed E-state index contributed by atoms with van der Waals surface area (Å²) in [7, 11) is 0. The van der Waals surface area contributed by atoms with E-state index in [2.05, 4.69) is 15.6 Å². The van der Waals surface area contributed by atoms with Crippen LogP contribution in [0.4, 0.5) is 4.79 Å². The molecule has 0 bridgehead atoms. The first-order valence-corrected chi connectivity index (χ1v) is 8.94. The molecule has 1 spiro atoms. The van der Waals surface area contributed by atoms with Gasteiger partial charge in [0.25, 0.3) is 0 Å². The zero-order chi connectivity index (χ0) is 16.8. The molecule has 2 heterocycles. The predicted molar refractivity (Wildman–Crippen MR) is 90.4 cm³/mol. The maximum atomic E-state index is 12.1. The van der Waals surface area contributed by atoms with Crippen molar-refractivity contribution in [1.29, 1.82) is 0 Å². The van der Waals surface area contributed by atoms with Gasteiger partial charge in [-0.25, -0.2) is 4.79 Å². The van der Waals surface area contributed by atoms with Crippen molar-refractivity contribution in [2.45, 2.75) is 63.4 Å². The Bertz CT molecular complexity index is 530. The molecule has 2 aliphatic rings. The van der Waals surface area contributed by atoms with Gasteiger partial charge < -0.3 is 20.1 Å². The van der Waals surface area contributed by atoms with E-state index in [-0.39, 0.29) is 18.2 Å². The SMILES string of the molecule is C[C@H](NC(=O)NC[C@@H]1COC2(CCCCCC2)O1)c1ccccn1. The standard InChI is InChI=1S/C18H27N3O3/c1-14(16-8-4-7-11-19-16)21-17(22)20-12-15-13-23-18(24-15)9-5-2-3-6-10-18/h4,7-8,11,14-15H,2-3,5-6,9-10,12-13H2,1H3,(H2,20,21,22)/t14-,15+/m0/s1. The van der Waals surface area contributed by atoms with E-state index in [4.69, 9.17) is 9.47 Å². The second kappa shape index (κ2) is 7.94. The molecule has 2 amide bonds. The maximum Gasteiger partial charge on any atom is 0.315 e. The van der Waals surface area contributed by atoms with Crippen LogP contribution >= 0.6 is 0 Å². The zero-order valence-corrected chi connectivity index (χ0v) is 14.3. The van der Waals surface area contributed by atoms with Gasteiger partial charge in [0.05, 0.1) is 18.3 Å². The van der Waals surface area contributed by atoms with Gasteiger partial charge >= 0.3 is 6.03 Å². The highest BCUT2D eigenvalue weighted by Crippen LogP contribution is 2.36. The van der Waals surface area contributed by atoms with Crippen LogP contribution in [0.15, 0.2) is 24.4 Å². The summed E-state index contributed by atoms with van der Waals surface area (Å²) in [6.07, 6.45) is 8.40. The Labute approximate surface area is 143 Å². The summed E-state index contributed by atoms with van der Waals surface area (Å²) in [5, 5.41) is 5.77. The van der Waals surface area contributed by atoms with E-state index in [1.54, 1.807) is 6.20 Å². The number of ether oxygens (including phenoxy) is 2. The number of pyridine rings is 1. The summed E-state index contributed by atoms with van der Waals surface area (Å²) in [6.45, 7) is 2.93. The van der Waals surface area contributed by atoms with Crippen LogP contribution in [0, 0.1) is 0 Å². The smallest absolute Gasteiger partial charge is 0.315 e. The lowest BCUT2D eigenvalue weighted by Gasteiger charge is -2.26. The summed E-state index contributed by atoms with van der Waals surface area (Å²) in [5.41, 5.74) is 0.838. The van der Waals surface area contributed by atoms with E-state index in [1.165, 1.54) is 12.8 Å². The number of nitrogens with zero attached hydrogens (tertiary/aromatic N) is 1. The Morgan fingerprint density at radius 2 is 2.12 bits per heavy atom. The van der Waals surface area contributed by atoms with Gasteiger partial charge in [0, 0.05) is 25.6 Å². The summed E-state index contributed by atoms with van der Waals surface area (Å²) >= 11 is 0. The Hall–Kier alpha value is -1.66. The number of carbonyl (C=O) groups is 1. The molecule has 1 saturated carbocycles. The highest BCUT2D eigenvalue weighted by molar-refractivity contribution is 5.74. The molecule has 1 saturated heterocycles. The van der Waals surface area contributed by atoms with Crippen LogP contribution < -0.4 is 10.6 Å². The van der Waals surface area contributed by atoms with E-state index in [0.717, 1.165) is 31.4 Å². The fraction of sp³-hybridized carbons (Fsp3) is 0.667. The van der Waals surface area contributed by atoms with Gasteiger partial charge in [-0.05, 0) is 31.9 Å². The molecule has 24 heavy (non-hydrogen) atoms. The first kappa shape index (κ1) is 17.2. The van der Waals surface area contributed by atoms with E-state index in [9.17, 15) is 4.79 Å². The number of hydrogen-bond acceptors (Lipinski definition) is 4. The molecule has 6 nitrogen and oxygen atoms in total. The Morgan fingerprint density at radius 3 is 2.83 bits per heavy atom. The number of aromatic nitrogens is 1. The Morgan fingerprint density at radius 1 is 1.33 bits per heavy atom. The molecule has 0 radical (unpaired) electrons. The molecule has 2 N–H and O–H groups in total. The van der Waals surface area contributed by atoms with Crippen LogP contribution in [0.2, 0.25) is 0 Å². The van der Waals surface area contributed by atoms with Crippen LogP contribution in [0.25, 0.3) is 0 Å². The third kappa shape index (κ3) is 4.45. The van der Waals surface area contributed by atoms with Crippen LogP contribution in [0.3, 0.4) is 0 Å². The van der Waals surface area contributed by atoms with E-state index in [1.807, 2.05) is 25.1 Å². The number of nitrogens with one attached hydrogen (secondary N) is 2. The van der Waals surface area contributed by atoms with Crippen molar-refractivity contribution in [3.8, 4) is 0 Å². The Balaban J connectivity index is 1.42. The molecular weight excluding hydrogens is 306 g/mol. The van der Waals surface area contributed by atoms with Crippen molar-refractivity contribution in [3.63, 3.8) is 0 Å². The van der Waals surface area contributed by atoms with Crippen molar-refractivity contribution in [2.24, 2.45) is 0 Å². The highest BCUT2D eigenvalue weighted by atomic mass is 16.7. The monoisotopic (exact) mass is 333 g/mol. The second-order valence-electron chi connectivity index (χ2n) is 6.71. The Kier molecular flexibility index (Phi) is 5.68. The van der Waals surface area contributed by atoms with Gasteiger partial charge in [-0.1, -0.05) is 18.9 Å². The van der Waals surface area contributed by atoms with Crippen LogP contribution in [-0.2, 0) is 9.47 Å². The lowest BCUT2D eigenvalue weighted by molar-refractivity contribution is -0.175. The molecule has 3 rings (SSSR count). The molecule has 1 aromatic heterocycles. The van der Waals surface area contributed by atoms with Crippen molar-refractivity contribution in [2.75, 3.05) is 13.2 Å². The number of amides is 2. The second-order valence-corrected chi connectivity index (χ2v) is 6.71. The average Bonchev–Trinajstić information content (AvgIpc) is 2.85. The molecule has 1 aliphatic carbocycles. The molecular formula is C18H27N3O3. The zero-order valence-electron chi connectivity index (χ0n) is 14.3. The topological polar surface area (TPSA) is 72.5 Å². The predicted octanol–water partition coefficient (Wildman–Crippen LogP) is 2.91. The lowest BCUT2D eigenvalue weighted by atomic mass is 10.1. The molecule has 132 valence electrons. The van der Waals surface area contributed by atoms with Crippen molar-refractivity contribution >= 4 is 6.03 Å². The fourth-order valence-corrected chi connectivity index (χ4v) is 3.41. The van der Waals surface area contributed by atoms with Crippen LogP contribution in [0.5, 0.6) is 0 Å². The van der Waals surface area contributed by atoms with Crippen molar-refractivity contribution in [1.82, 2.24) is 15.6 Å². The lowest BCUT2D eigenvalue weighted by Crippen LogP contribution is -2.42. The molecule has 1 aliphatic heterocycles. The molecule has 0 unspecified atom stereocenters. The van der Waals surface area contributed by atoms with Gasteiger partial charge in [0.15, 0.2) is 5.79 Å².